The lowest BCUT2D eigenvalue weighted by molar-refractivity contribution is -0.274. The summed E-state index contributed by atoms with van der Waals surface area (Å²) < 4.78 is 33.0. The summed E-state index contributed by atoms with van der Waals surface area (Å²) in [7, 11) is 0. The van der Waals surface area contributed by atoms with E-state index in [4.69, 9.17) is 23.7 Å². The summed E-state index contributed by atoms with van der Waals surface area (Å²) in [5.41, 5.74) is 3.87. The Balaban J connectivity index is 1.44. The van der Waals surface area contributed by atoms with Crippen LogP contribution in [0.15, 0.2) is 121 Å². The zero-order valence-electron chi connectivity index (χ0n) is 28.5. The molecule has 0 aromatic heterocycles. The highest BCUT2D eigenvalue weighted by Crippen LogP contribution is 2.33. The zero-order chi connectivity index (χ0) is 35.8. The number of rotatable bonds is 20. The van der Waals surface area contributed by atoms with Crippen LogP contribution in [0.3, 0.4) is 0 Å². The van der Waals surface area contributed by atoms with Crippen LogP contribution in [-0.2, 0) is 54.9 Å². The average Bonchev–Trinajstić information content (AvgIpc) is 3.18. The lowest BCUT2D eigenvalue weighted by Crippen LogP contribution is -2.61. The Morgan fingerprint density at radius 2 is 0.961 bits per heavy atom. The summed E-state index contributed by atoms with van der Waals surface area (Å²) in [4.78, 5) is 11.0. The second-order valence-corrected chi connectivity index (χ2v) is 12.7. The molecule has 4 N–H and O–H groups in total. The third kappa shape index (κ3) is 11.6. The van der Waals surface area contributed by atoms with Crippen molar-refractivity contribution < 1.29 is 48.9 Å². The maximum Gasteiger partial charge on any atom is 0.151 e. The van der Waals surface area contributed by atoms with Crippen molar-refractivity contribution in [2.45, 2.75) is 94.2 Å². The predicted molar refractivity (Wildman–Crippen MR) is 189 cm³/mol. The van der Waals surface area contributed by atoms with E-state index in [0.717, 1.165) is 22.3 Å². The molecule has 4 aromatic carbocycles. The van der Waals surface area contributed by atoms with Crippen molar-refractivity contribution in [3.8, 4) is 0 Å². The van der Waals surface area contributed by atoms with Crippen molar-refractivity contribution in [2.24, 2.45) is 0 Å². The third-order valence-corrected chi connectivity index (χ3v) is 8.96. The van der Waals surface area contributed by atoms with Crippen molar-refractivity contribution in [2.75, 3.05) is 6.61 Å². The Morgan fingerprint density at radius 1 is 0.549 bits per heavy atom. The number of hydrogen-bond donors (Lipinski definition) is 4. The van der Waals surface area contributed by atoms with Gasteiger partial charge in [0.2, 0.25) is 0 Å². The highest BCUT2D eigenvalue weighted by Gasteiger charge is 2.48. The number of ether oxygens (including phenoxy) is 5. The summed E-state index contributed by atoms with van der Waals surface area (Å²) in [6, 6.07) is 39.1. The largest absolute Gasteiger partial charge is 0.390 e. The van der Waals surface area contributed by atoms with E-state index >= 15 is 0 Å². The SMILES string of the molecule is O=C[C@@H](O)[C@H](O)[C@H](O)[C@@H](O)CC[C@H]1O[C@H](COCc2ccccc2)[C@@H](OCc2ccccc2)[C@H](OCc2ccccc2)[C@H]1OCc1ccccc1. The Morgan fingerprint density at radius 3 is 1.41 bits per heavy atom. The van der Waals surface area contributed by atoms with Crippen LogP contribution in [-0.4, -0.2) is 88.3 Å². The molecular weight excluding hydrogens is 652 g/mol. The van der Waals surface area contributed by atoms with Gasteiger partial charge in [0.25, 0.3) is 0 Å². The fraction of sp³-hybridized carbons (Fsp3) is 0.390. The first-order valence-electron chi connectivity index (χ1n) is 17.3. The fourth-order valence-corrected chi connectivity index (χ4v) is 6.13. The van der Waals surface area contributed by atoms with Crippen molar-refractivity contribution in [3.63, 3.8) is 0 Å². The van der Waals surface area contributed by atoms with E-state index in [0.29, 0.717) is 6.61 Å². The molecule has 0 amide bonds. The monoisotopic (exact) mass is 700 g/mol. The molecule has 5 rings (SSSR count). The topological polar surface area (TPSA) is 144 Å². The lowest BCUT2D eigenvalue weighted by atomic mass is 9.90. The van der Waals surface area contributed by atoms with Gasteiger partial charge >= 0.3 is 0 Å². The lowest BCUT2D eigenvalue weighted by Gasteiger charge is -2.46. The molecular formula is C41H48O10. The second-order valence-electron chi connectivity index (χ2n) is 12.7. The number of carbonyl (C=O) groups is 1. The molecule has 10 heteroatoms. The molecule has 1 aliphatic heterocycles. The highest BCUT2D eigenvalue weighted by atomic mass is 16.6. The average molecular weight is 701 g/mol. The van der Waals surface area contributed by atoms with Gasteiger partial charge in [-0.15, -0.1) is 0 Å². The van der Waals surface area contributed by atoms with Gasteiger partial charge in [-0.1, -0.05) is 121 Å². The molecule has 0 spiro atoms. The minimum atomic E-state index is -1.85. The smallest absolute Gasteiger partial charge is 0.151 e. The van der Waals surface area contributed by atoms with Gasteiger partial charge < -0.3 is 48.9 Å². The van der Waals surface area contributed by atoms with Gasteiger partial charge in [-0.2, -0.15) is 0 Å². The van der Waals surface area contributed by atoms with Crippen LogP contribution in [0.4, 0.5) is 0 Å². The molecule has 4 aromatic rings. The van der Waals surface area contributed by atoms with Crippen LogP contribution in [0.5, 0.6) is 0 Å². The van der Waals surface area contributed by atoms with Crippen LogP contribution >= 0.6 is 0 Å². The van der Waals surface area contributed by atoms with Gasteiger partial charge in [0, 0.05) is 0 Å². The van der Waals surface area contributed by atoms with E-state index in [-0.39, 0.29) is 45.6 Å². The van der Waals surface area contributed by atoms with Gasteiger partial charge in [-0.05, 0) is 35.1 Å². The first-order valence-corrected chi connectivity index (χ1v) is 17.3. The number of carbonyl (C=O) groups excluding carboxylic acids is 1. The number of aldehydes is 1. The highest BCUT2D eigenvalue weighted by molar-refractivity contribution is 5.56. The standard InChI is InChI=1S/C41H48O10/c42-23-34(44)38(46)37(45)33(43)21-22-35-39(48-25-30-15-7-2-8-16-30)41(50-27-32-19-11-4-12-20-32)40(49-26-31-17-9-3-10-18-31)36(51-35)28-47-24-29-13-5-1-6-14-29/h1-20,23,33-41,43-46H,21-22,24-28H2/t33-,34+,35+,36+,37+,38-,39-,40+,41+/m0/s1. The summed E-state index contributed by atoms with van der Waals surface area (Å²) in [5, 5.41) is 41.3. The summed E-state index contributed by atoms with van der Waals surface area (Å²) >= 11 is 0. The molecule has 272 valence electrons. The van der Waals surface area contributed by atoms with Gasteiger partial charge in [0.05, 0.1) is 45.2 Å². The van der Waals surface area contributed by atoms with Crippen LogP contribution in [0, 0.1) is 0 Å². The molecule has 1 aliphatic rings. The minimum absolute atomic E-state index is 0.0434. The Labute approximate surface area is 299 Å². The zero-order valence-corrected chi connectivity index (χ0v) is 28.5. The first-order chi connectivity index (χ1) is 24.9. The van der Waals surface area contributed by atoms with E-state index in [2.05, 4.69) is 0 Å². The molecule has 51 heavy (non-hydrogen) atoms. The predicted octanol–water partition coefficient (Wildman–Crippen LogP) is 4.15. The summed E-state index contributed by atoms with van der Waals surface area (Å²) in [5.74, 6) is 0. The molecule has 9 atom stereocenters. The first kappa shape index (κ1) is 38.4. The van der Waals surface area contributed by atoms with Crippen molar-refractivity contribution >= 4 is 6.29 Å². The van der Waals surface area contributed by atoms with E-state index in [1.165, 1.54) is 0 Å². The van der Waals surface area contributed by atoms with Gasteiger partial charge in [0.15, 0.2) is 6.29 Å². The molecule has 10 nitrogen and oxygen atoms in total. The van der Waals surface area contributed by atoms with Crippen LogP contribution < -0.4 is 0 Å². The van der Waals surface area contributed by atoms with Gasteiger partial charge in [-0.3, -0.25) is 0 Å². The van der Waals surface area contributed by atoms with E-state index in [1.807, 2.05) is 121 Å². The van der Waals surface area contributed by atoms with Crippen molar-refractivity contribution in [3.05, 3.63) is 144 Å². The third-order valence-electron chi connectivity index (χ3n) is 8.96. The Bertz CT molecular complexity index is 1530. The molecule has 0 bridgehead atoms. The number of aliphatic hydroxyl groups is 4. The number of hydrogen-bond acceptors (Lipinski definition) is 10. The molecule has 1 fully saturated rings. The van der Waals surface area contributed by atoms with E-state index in [9.17, 15) is 25.2 Å². The molecule has 0 unspecified atom stereocenters. The van der Waals surface area contributed by atoms with Crippen LogP contribution in [0.2, 0.25) is 0 Å². The van der Waals surface area contributed by atoms with Gasteiger partial charge in [-0.25, -0.2) is 0 Å². The number of aliphatic hydroxyl groups excluding tert-OH is 4. The number of benzene rings is 4. The van der Waals surface area contributed by atoms with Crippen molar-refractivity contribution in [1.82, 2.24) is 0 Å². The maximum absolute atomic E-state index is 11.0. The quantitative estimate of drug-likeness (QED) is 0.0994. The van der Waals surface area contributed by atoms with E-state index in [1.54, 1.807) is 0 Å². The summed E-state index contributed by atoms with van der Waals surface area (Å²) in [6.45, 7) is 1.31. The molecule has 1 saturated heterocycles. The molecule has 1 heterocycles. The van der Waals surface area contributed by atoms with Gasteiger partial charge in [0.1, 0.15) is 42.7 Å². The maximum atomic E-state index is 11.0. The minimum Gasteiger partial charge on any atom is -0.390 e. The normalized spacial score (nSPS) is 22.9. The van der Waals surface area contributed by atoms with Crippen LogP contribution in [0.25, 0.3) is 0 Å². The molecule has 0 aliphatic carbocycles. The van der Waals surface area contributed by atoms with Crippen molar-refractivity contribution in [1.29, 1.82) is 0 Å². The van der Waals surface area contributed by atoms with E-state index < -0.39 is 54.9 Å². The fourth-order valence-electron chi connectivity index (χ4n) is 6.13. The molecule has 0 radical (unpaired) electrons. The second kappa shape index (κ2) is 20.3. The Hall–Kier alpha value is -3.81. The molecule has 0 saturated carbocycles. The Kier molecular flexibility index (Phi) is 15.3. The van der Waals surface area contributed by atoms with Crippen LogP contribution in [0.1, 0.15) is 35.1 Å². The summed E-state index contributed by atoms with van der Waals surface area (Å²) in [6.07, 6.45) is -9.99.